The average Bonchev–Trinajstić information content (AvgIpc) is 3.40. The third-order valence-corrected chi connectivity index (χ3v) is 10.1. The van der Waals surface area contributed by atoms with Gasteiger partial charge in [-0.2, -0.15) is 4.57 Å². The fraction of sp³-hybridized carbons (Fsp3) is 0.196. The molecule has 7 aromatic rings. The zero-order valence-corrected chi connectivity index (χ0v) is 29.6. The fourth-order valence-corrected chi connectivity index (χ4v) is 7.49. The summed E-state index contributed by atoms with van der Waals surface area (Å²) in [5.74, 6) is 2.12. The van der Waals surface area contributed by atoms with Gasteiger partial charge in [-0.05, 0) is 88.9 Å². The van der Waals surface area contributed by atoms with Crippen LogP contribution in [0.15, 0.2) is 127 Å². The lowest BCUT2D eigenvalue weighted by Crippen LogP contribution is -2.31. The number of hydrogen-bond acceptors (Lipinski definition) is 1. The van der Waals surface area contributed by atoms with Gasteiger partial charge in [-0.1, -0.05) is 131 Å². The predicted molar refractivity (Wildman–Crippen MR) is 206 cm³/mol. The molecule has 0 saturated heterocycles. The first-order chi connectivity index (χ1) is 23.7. The number of benzene rings is 6. The lowest BCUT2D eigenvalue weighted by atomic mass is 9.89. The molecule has 3 nitrogen and oxygen atoms in total. The van der Waals surface area contributed by atoms with Crippen LogP contribution in [0.25, 0.3) is 61.5 Å². The predicted octanol–water partition coefficient (Wildman–Crippen LogP) is 11.7. The van der Waals surface area contributed by atoms with Crippen molar-refractivity contribution in [3.05, 3.63) is 150 Å². The van der Waals surface area contributed by atoms with Crippen LogP contribution in [-0.2, 0) is 7.05 Å². The maximum Gasteiger partial charge on any atom is 0.295 e. The minimum atomic E-state index is 0.278. The molecule has 0 unspecified atom stereocenters. The van der Waals surface area contributed by atoms with Gasteiger partial charge in [0.2, 0.25) is 0 Å². The number of fused-ring (bicyclic) bond motifs is 1. The summed E-state index contributed by atoms with van der Waals surface area (Å²) in [6.45, 7) is 13.6. The van der Waals surface area contributed by atoms with Crippen LogP contribution in [0, 0.1) is 13.8 Å². The quantitative estimate of drug-likeness (QED) is 0.172. The van der Waals surface area contributed by atoms with Gasteiger partial charge in [0.1, 0.15) is 11.4 Å². The minimum absolute atomic E-state index is 0.278. The summed E-state index contributed by atoms with van der Waals surface area (Å²) in [6, 6.07) is 45.0. The molecule has 1 heterocycles. The molecule has 1 N–H and O–H groups in total. The molecular formula is C46H45N2O+. The number of phenols is 1. The summed E-state index contributed by atoms with van der Waals surface area (Å²) in [6.07, 6.45) is 0. The van der Waals surface area contributed by atoms with E-state index >= 15 is 0 Å². The molecule has 244 valence electrons. The van der Waals surface area contributed by atoms with Crippen molar-refractivity contribution >= 4 is 11.0 Å². The number of nitrogens with zero attached hydrogens (tertiary/aromatic N) is 2. The van der Waals surface area contributed by atoms with Crippen LogP contribution in [0.4, 0.5) is 0 Å². The Labute approximate surface area is 290 Å². The Bertz CT molecular complexity index is 2280. The van der Waals surface area contributed by atoms with Crippen LogP contribution in [0.5, 0.6) is 5.75 Å². The van der Waals surface area contributed by atoms with Crippen LogP contribution < -0.4 is 4.57 Å². The molecular weight excluding hydrogens is 597 g/mol. The van der Waals surface area contributed by atoms with Crippen LogP contribution in [0.1, 0.15) is 61.8 Å². The lowest BCUT2D eigenvalue weighted by molar-refractivity contribution is -0.633. The second kappa shape index (κ2) is 12.9. The Balaban J connectivity index is 1.44. The second-order valence-electron chi connectivity index (χ2n) is 13.9. The van der Waals surface area contributed by atoms with Crippen molar-refractivity contribution in [1.29, 1.82) is 0 Å². The lowest BCUT2D eigenvalue weighted by Gasteiger charge is -2.20. The van der Waals surface area contributed by atoms with E-state index < -0.39 is 0 Å². The molecule has 0 atom stereocenters. The zero-order valence-electron chi connectivity index (χ0n) is 29.6. The molecule has 0 fully saturated rings. The highest BCUT2D eigenvalue weighted by Gasteiger charge is 2.32. The number of imidazole rings is 1. The molecule has 1 aromatic heterocycles. The summed E-state index contributed by atoms with van der Waals surface area (Å²) in [5, 5.41) is 11.4. The third-order valence-electron chi connectivity index (χ3n) is 10.1. The Morgan fingerprint density at radius 1 is 0.571 bits per heavy atom. The van der Waals surface area contributed by atoms with Gasteiger partial charge in [0.15, 0.2) is 11.0 Å². The number of hydrogen-bond donors (Lipinski definition) is 1. The molecule has 0 aliphatic rings. The van der Waals surface area contributed by atoms with Crippen molar-refractivity contribution in [2.75, 3.05) is 0 Å². The molecule has 0 radical (unpaired) electrons. The number of phenolic OH excluding ortho intramolecular Hbond substituents is 1. The largest absolute Gasteiger partial charge is 0.507 e. The van der Waals surface area contributed by atoms with E-state index in [4.69, 9.17) is 0 Å². The Kier molecular flexibility index (Phi) is 8.46. The number of aromatic hydroxyl groups is 1. The maximum atomic E-state index is 11.4. The van der Waals surface area contributed by atoms with Gasteiger partial charge in [0.05, 0.1) is 12.6 Å². The van der Waals surface area contributed by atoms with Gasteiger partial charge in [-0.15, -0.1) is 0 Å². The van der Waals surface area contributed by atoms with Gasteiger partial charge in [0, 0.05) is 16.7 Å². The highest BCUT2D eigenvalue weighted by Crippen LogP contribution is 2.42. The van der Waals surface area contributed by atoms with Crippen molar-refractivity contribution in [3.63, 3.8) is 0 Å². The number of rotatable bonds is 7. The van der Waals surface area contributed by atoms with Crippen molar-refractivity contribution in [3.8, 4) is 56.2 Å². The van der Waals surface area contributed by atoms with E-state index in [0.29, 0.717) is 11.8 Å². The fourth-order valence-electron chi connectivity index (χ4n) is 7.49. The van der Waals surface area contributed by atoms with Gasteiger partial charge in [0.25, 0.3) is 5.82 Å². The molecule has 0 aliphatic carbocycles. The third kappa shape index (κ3) is 5.64. The van der Waals surface area contributed by atoms with E-state index in [2.05, 4.69) is 167 Å². The monoisotopic (exact) mass is 641 g/mol. The van der Waals surface area contributed by atoms with E-state index in [1.165, 1.54) is 50.1 Å². The number of aromatic nitrogens is 2. The Morgan fingerprint density at radius 2 is 1.14 bits per heavy atom. The minimum Gasteiger partial charge on any atom is -0.507 e. The van der Waals surface area contributed by atoms with Gasteiger partial charge in [-0.25, -0.2) is 4.57 Å². The molecule has 3 heteroatoms. The van der Waals surface area contributed by atoms with Gasteiger partial charge < -0.3 is 5.11 Å². The van der Waals surface area contributed by atoms with Crippen LogP contribution >= 0.6 is 0 Å². The van der Waals surface area contributed by atoms with Gasteiger partial charge >= 0.3 is 0 Å². The second-order valence-corrected chi connectivity index (χ2v) is 13.9. The zero-order chi connectivity index (χ0) is 34.4. The van der Waals surface area contributed by atoms with Crippen molar-refractivity contribution < 1.29 is 9.67 Å². The highest BCUT2D eigenvalue weighted by atomic mass is 16.3. The molecule has 0 spiro atoms. The van der Waals surface area contributed by atoms with Crippen LogP contribution in [-0.4, -0.2) is 9.67 Å². The first-order valence-corrected chi connectivity index (χ1v) is 17.4. The summed E-state index contributed by atoms with van der Waals surface area (Å²) < 4.78 is 4.85. The Hall–Kier alpha value is -5.41. The number of para-hydroxylation sites is 3. The van der Waals surface area contributed by atoms with Crippen molar-refractivity contribution in [2.24, 2.45) is 7.05 Å². The average molecular weight is 642 g/mol. The van der Waals surface area contributed by atoms with Crippen LogP contribution in [0.3, 0.4) is 0 Å². The van der Waals surface area contributed by atoms with E-state index in [1.807, 2.05) is 18.2 Å². The topological polar surface area (TPSA) is 29.0 Å². The molecule has 0 aliphatic heterocycles. The molecule has 0 bridgehead atoms. The first kappa shape index (κ1) is 32.2. The highest BCUT2D eigenvalue weighted by molar-refractivity contribution is 5.87. The van der Waals surface area contributed by atoms with Crippen LogP contribution in [0.2, 0.25) is 0 Å². The molecule has 6 aromatic carbocycles. The van der Waals surface area contributed by atoms with Crippen molar-refractivity contribution in [2.45, 2.75) is 53.4 Å². The number of aryl methyl sites for hydroxylation is 2. The van der Waals surface area contributed by atoms with E-state index in [1.54, 1.807) is 0 Å². The first-order valence-electron chi connectivity index (χ1n) is 17.4. The summed E-state index contributed by atoms with van der Waals surface area (Å²) >= 11 is 0. The van der Waals surface area contributed by atoms with E-state index in [0.717, 1.165) is 33.6 Å². The molecule has 0 amide bonds. The normalized spacial score (nSPS) is 11.6. The van der Waals surface area contributed by atoms with E-state index in [9.17, 15) is 5.11 Å². The van der Waals surface area contributed by atoms with Crippen molar-refractivity contribution in [1.82, 2.24) is 4.57 Å². The van der Waals surface area contributed by atoms with Gasteiger partial charge in [-0.3, -0.25) is 0 Å². The molecule has 7 rings (SSSR count). The SMILES string of the molecule is Cc1ccc(-c2cc(-c3ccc(-c4ccccc4)cc3)ccc2O)c(C)c1-c1n(-c2c(C(C)C)cccc2C(C)C)c2ccccc2[n+]1C. The molecule has 0 saturated carbocycles. The molecule has 49 heavy (non-hydrogen) atoms. The Morgan fingerprint density at radius 3 is 1.80 bits per heavy atom. The summed E-state index contributed by atoms with van der Waals surface area (Å²) in [5.41, 5.74) is 16.3. The standard InChI is InChI=1S/C46H44N2O/c1-29(2)37-16-13-17-38(30(3)4)45(37)48-42-19-12-11-18-41(42)47(7)46(48)44-31(5)20-26-39(32(44)6)40-28-36(25-27-43(40)49)35-23-21-34(22-24-35)33-14-9-8-10-15-33/h8-30H,1-7H3/p+1. The van der Waals surface area contributed by atoms with E-state index in [-0.39, 0.29) is 5.75 Å². The summed E-state index contributed by atoms with van der Waals surface area (Å²) in [7, 11) is 2.18. The maximum absolute atomic E-state index is 11.4. The summed E-state index contributed by atoms with van der Waals surface area (Å²) in [4.78, 5) is 0. The smallest absolute Gasteiger partial charge is 0.295 e.